The van der Waals surface area contributed by atoms with Crippen LogP contribution in [0.4, 0.5) is 4.39 Å². The second-order valence-electron chi connectivity index (χ2n) is 10.0. The summed E-state index contributed by atoms with van der Waals surface area (Å²) in [5, 5.41) is 23.5. The first-order valence-electron chi connectivity index (χ1n) is 12.0. The van der Waals surface area contributed by atoms with Crippen molar-refractivity contribution in [2.45, 2.75) is 36.7 Å². The number of hydrogen-bond acceptors (Lipinski definition) is 3. The molecule has 3 N–H and O–H groups in total. The topological polar surface area (TPSA) is 59.5 Å². The van der Waals surface area contributed by atoms with E-state index in [9.17, 15) is 14.6 Å². The van der Waals surface area contributed by atoms with Crippen LogP contribution >= 0.6 is 0 Å². The molecule has 0 unspecified atom stereocenters. The molecule has 1 fully saturated rings. The molecule has 0 radical (unpaired) electrons. The first kappa shape index (κ1) is 21.4. The lowest BCUT2D eigenvalue weighted by Gasteiger charge is -2.56. The van der Waals surface area contributed by atoms with E-state index in [0.29, 0.717) is 24.9 Å². The number of aromatic hydroxyl groups is 1. The van der Waals surface area contributed by atoms with Gasteiger partial charge in [-0.3, -0.25) is 0 Å². The van der Waals surface area contributed by atoms with Crippen LogP contribution in [0.3, 0.4) is 0 Å². The van der Waals surface area contributed by atoms with Crippen molar-refractivity contribution in [3.05, 3.63) is 101 Å². The number of nitrogens with zero attached hydrogens (tertiary/aromatic N) is 1. The Balaban J connectivity index is 1.40. The number of phenolic OH excluding ortho intramolecular Hbond substituents is 1. The summed E-state index contributed by atoms with van der Waals surface area (Å²) in [6.45, 7) is 2.27. The van der Waals surface area contributed by atoms with Crippen molar-refractivity contribution in [3.63, 3.8) is 0 Å². The van der Waals surface area contributed by atoms with Crippen molar-refractivity contribution in [1.82, 2.24) is 9.88 Å². The summed E-state index contributed by atoms with van der Waals surface area (Å²) in [5.74, 6) is -0.0630. The Hall–Kier alpha value is -3.15. The van der Waals surface area contributed by atoms with Gasteiger partial charge in [-0.2, -0.15) is 0 Å². The van der Waals surface area contributed by atoms with Gasteiger partial charge < -0.3 is 20.1 Å². The Labute approximate surface area is 198 Å². The van der Waals surface area contributed by atoms with E-state index in [1.807, 2.05) is 24.3 Å². The Bertz CT molecular complexity index is 1350. The standard InChI is InChI=1S/C29H29FN2O2/c30-25-11-5-10-23-24-17-29(34)19-32(14-12-20-6-2-1-3-7-20)15-13-28(29,18-26(24)31-27(23)25)21-8-4-9-22(33)16-21/h1-11,16,31,33-34H,12-15,17-19H2/t28-,29-/m0/s1. The fourth-order valence-corrected chi connectivity index (χ4v) is 6.34. The van der Waals surface area contributed by atoms with Crippen LogP contribution in [0.2, 0.25) is 0 Å². The Morgan fingerprint density at radius 2 is 1.79 bits per heavy atom. The number of benzene rings is 3. The maximum Gasteiger partial charge on any atom is 0.147 e. The van der Waals surface area contributed by atoms with Gasteiger partial charge in [-0.15, -0.1) is 0 Å². The van der Waals surface area contributed by atoms with Crippen LogP contribution < -0.4 is 0 Å². The molecule has 34 heavy (non-hydrogen) atoms. The molecule has 4 nitrogen and oxygen atoms in total. The first-order chi connectivity index (χ1) is 16.5. The largest absolute Gasteiger partial charge is 0.508 e. The number of phenols is 1. The van der Waals surface area contributed by atoms with E-state index in [2.05, 4.69) is 34.1 Å². The number of para-hydroxylation sites is 1. The fourth-order valence-electron chi connectivity index (χ4n) is 6.34. The Morgan fingerprint density at radius 1 is 0.971 bits per heavy atom. The molecule has 6 rings (SSSR count). The number of likely N-dealkylation sites (tertiary alicyclic amines) is 1. The average Bonchev–Trinajstić information content (AvgIpc) is 3.19. The van der Waals surface area contributed by atoms with E-state index in [4.69, 9.17) is 0 Å². The van der Waals surface area contributed by atoms with E-state index >= 15 is 0 Å². The van der Waals surface area contributed by atoms with Gasteiger partial charge in [0.2, 0.25) is 0 Å². The van der Waals surface area contributed by atoms with Crippen molar-refractivity contribution in [2.24, 2.45) is 0 Å². The molecule has 0 spiro atoms. The van der Waals surface area contributed by atoms with Crippen LogP contribution in [-0.4, -0.2) is 45.3 Å². The number of aromatic nitrogens is 1. The number of aromatic amines is 1. The molecule has 174 valence electrons. The highest BCUT2D eigenvalue weighted by atomic mass is 19.1. The molecule has 4 aromatic rings. The normalized spacial score (nSPS) is 24.6. The van der Waals surface area contributed by atoms with Crippen LogP contribution in [0.5, 0.6) is 5.75 Å². The molecular weight excluding hydrogens is 427 g/mol. The summed E-state index contributed by atoms with van der Waals surface area (Å²) in [6.07, 6.45) is 2.73. The Morgan fingerprint density at radius 3 is 2.62 bits per heavy atom. The van der Waals surface area contributed by atoms with Crippen molar-refractivity contribution < 1.29 is 14.6 Å². The summed E-state index contributed by atoms with van der Waals surface area (Å²) < 4.78 is 14.6. The second kappa shape index (κ2) is 7.97. The second-order valence-corrected chi connectivity index (χ2v) is 10.0. The van der Waals surface area contributed by atoms with Gasteiger partial charge >= 0.3 is 0 Å². The third-order valence-electron chi connectivity index (χ3n) is 8.12. The zero-order valence-corrected chi connectivity index (χ0v) is 19.1. The molecule has 3 aromatic carbocycles. The van der Waals surface area contributed by atoms with E-state index in [-0.39, 0.29) is 11.6 Å². The van der Waals surface area contributed by atoms with Crippen LogP contribution in [0.25, 0.3) is 10.9 Å². The fraction of sp³-hybridized carbons (Fsp3) is 0.310. The summed E-state index contributed by atoms with van der Waals surface area (Å²) in [7, 11) is 0. The number of nitrogens with one attached hydrogen (secondary N) is 1. The number of piperidine rings is 1. The summed E-state index contributed by atoms with van der Waals surface area (Å²) in [6, 6.07) is 22.9. The van der Waals surface area contributed by atoms with Crippen LogP contribution in [0.1, 0.15) is 28.8 Å². The molecular formula is C29H29FN2O2. The van der Waals surface area contributed by atoms with Gasteiger partial charge in [0, 0.05) is 42.4 Å². The predicted octanol–water partition coefficient (Wildman–Crippen LogP) is 4.73. The summed E-state index contributed by atoms with van der Waals surface area (Å²) in [4.78, 5) is 5.70. The maximum atomic E-state index is 14.6. The minimum Gasteiger partial charge on any atom is -0.508 e. The molecule has 5 heteroatoms. The molecule has 1 aliphatic carbocycles. The zero-order chi connectivity index (χ0) is 23.3. The third-order valence-corrected chi connectivity index (χ3v) is 8.12. The van der Waals surface area contributed by atoms with E-state index in [0.717, 1.165) is 48.1 Å². The van der Waals surface area contributed by atoms with Crippen molar-refractivity contribution in [1.29, 1.82) is 0 Å². The molecule has 0 bridgehead atoms. The summed E-state index contributed by atoms with van der Waals surface area (Å²) in [5.41, 5.74) is 3.16. The van der Waals surface area contributed by atoms with Gasteiger partial charge in [0.15, 0.2) is 0 Å². The van der Waals surface area contributed by atoms with E-state index in [1.165, 1.54) is 11.6 Å². The number of aliphatic hydroxyl groups is 1. The molecule has 0 saturated carbocycles. The van der Waals surface area contributed by atoms with E-state index in [1.54, 1.807) is 18.2 Å². The zero-order valence-electron chi connectivity index (χ0n) is 19.1. The molecule has 2 atom stereocenters. The SMILES string of the molecule is Oc1cccc([C@@]23CCN(CCc4ccccc4)C[C@@]2(O)Cc2c([nH]c4c(F)cccc24)C3)c1. The lowest BCUT2D eigenvalue weighted by Crippen LogP contribution is -2.66. The van der Waals surface area contributed by atoms with Gasteiger partial charge in [0.25, 0.3) is 0 Å². The predicted molar refractivity (Wildman–Crippen MR) is 132 cm³/mol. The number of β-amino-alcohol motifs (C(OH)–C–C–N with tert-alkyl or cyclic N) is 1. The highest BCUT2D eigenvalue weighted by molar-refractivity contribution is 5.86. The van der Waals surface area contributed by atoms with Crippen LogP contribution in [-0.2, 0) is 24.7 Å². The van der Waals surface area contributed by atoms with Crippen LogP contribution in [0.15, 0.2) is 72.8 Å². The lowest BCUT2D eigenvalue weighted by atomic mass is 9.56. The number of rotatable bonds is 4. The molecule has 0 amide bonds. The highest BCUT2D eigenvalue weighted by Gasteiger charge is 2.57. The van der Waals surface area contributed by atoms with Gasteiger partial charge in [0.1, 0.15) is 11.6 Å². The minimum atomic E-state index is -1.04. The number of halogens is 1. The average molecular weight is 457 g/mol. The van der Waals surface area contributed by atoms with Crippen molar-refractivity contribution >= 4 is 10.9 Å². The molecule has 1 aromatic heterocycles. The summed E-state index contributed by atoms with van der Waals surface area (Å²) >= 11 is 0. The smallest absolute Gasteiger partial charge is 0.147 e. The van der Waals surface area contributed by atoms with Crippen LogP contribution in [0, 0.1) is 5.82 Å². The van der Waals surface area contributed by atoms with E-state index < -0.39 is 11.0 Å². The quantitative estimate of drug-likeness (QED) is 0.416. The van der Waals surface area contributed by atoms with Crippen molar-refractivity contribution in [2.75, 3.05) is 19.6 Å². The van der Waals surface area contributed by atoms with Gasteiger partial charge in [-0.1, -0.05) is 54.6 Å². The number of H-pyrrole nitrogens is 1. The van der Waals surface area contributed by atoms with Gasteiger partial charge in [-0.25, -0.2) is 4.39 Å². The number of hydrogen-bond donors (Lipinski definition) is 3. The molecule has 1 saturated heterocycles. The number of fused-ring (bicyclic) bond motifs is 4. The molecule has 2 heterocycles. The van der Waals surface area contributed by atoms with Gasteiger partial charge in [0.05, 0.1) is 11.1 Å². The van der Waals surface area contributed by atoms with Crippen molar-refractivity contribution in [3.8, 4) is 5.75 Å². The maximum absolute atomic E-state index is 14.6. The minimum absolute atomic E-state index is 0.203. The Kier molecular flexibility index (Phi) is 5.01. The first-order valence-corrected chi connectivity index (χ1v) is 12.0. The van der Waals surface area contributed by atoms with Gasteiger partial charge in [-0.05, 0) is 54.3 Å². The monoisotopic (exact) mass is 456 g/mol. The molecule has 1 aliphatic heterocycles. The highest BCUT2D eigenvalue weighted by Crippen LogP contribution is 2.51. The molecule has 2 aliphatic rings. The lowest BCUT2D eigenvalue weighted by molar-refractivity contribution is -0.102. The third kappa shape index (κ3) is 3.34.